The van der Waals surface area contributed by atoms with E-state index >= 15 is 0 Å². The fourth-order valence-corrected chi connectivity index (χ4v) is 4.29. The number of thiazole rings is 1. The van der Waals surface area contributed by atoms with Crippen LogP contribution in [0, 0.1) is 0 Å². The minimum absolute atomic E-state index is 0.125. The average molecular weight is 360 g/mol. The second-order valence-corrected chi connectivity index (χ2v) is 6.78. The molecular weight excluding hydrogens is 340 g/mol. The summed E-state index contributed by atoms with van der Waals surface area (Å²) in [4.78, 5) is 8.03. The van der Waals surface area contributed by atoms with Crippen LogP contribution >= 0.6 is 11.3 Å². The molecule has 8 heteroatoms. The first kappa shape index (κ1) is 16.3. The van der Waals surface area contributed by atoms with Crippen molar-refractivity contribution in [3.8, 4) is 11.6 Å². The Morgan fingerprint density at radius 3 is 2.88 bits per heavy atom. The van der Waals surface area contributed by atoms with Gasteiger partial charge in [0.05, 0.1) is 30.7 Å². The molecule has 132 valence electrons. The SMILES string of the molecule is CCOc1ccccc1C(c1sc2ncnn2c1O)N1CCOCC1. The first-order valence-electron chi connectivity index (χ1n) is 8.34. The summed E-state index contributed by atoms with van der Waals surface area (Å²) in [6.45, 7) is 5.50. The van der Waals surface area contributed by atoms with Gasteiger partial charge >= 0.3 is 0 Å². The number of benzene rings is 1. The number of morpholine rings is 1. The number of nitrogens with zero attached hydrogens (tertiary/aromatic N) is 4. The number of fused-ring (bicyclic) bond motifs is 1. The summed E-state index contributed by atoms with van der Waals surface area (Å²) in [7, 11) is 0. The molecule has 0 bridgehead atoms. The lowest BCUT2D eigenvalue weighted by Crippen LogP contribution is -2.39. The summed E-state index contributed by atoms with van der Waals surface area (Å²) in [6, 6.07) is 7.87. The first-order valence-corrected chi connectivity index (χ1v) is 9.16. The van der Waals surface area contributed by atoms with Crippen molar-refractivity contribution in [2.75, 3.05) is 32.9 Å². The van der Waals surface area contributed by atoms with E-state index in [9.17, 15) is 5.11 Å². The number of hydrogen-bond acceptors (Lipinski definition) is 7. The second-order valence-electron chi connectivity index (χ2n) is 5.77. The maximum atomic E-state index is 10.7. The zero-order chi connectivity index (χ0) is 17.2. The minimum atomic E-state index is -0.125. The normalized spacial score (nSPS) is 17.0. The number of para-hydroxylation sites is 1. The van der Waals surface area contributed by atoms with Gasteiger partial charge in [0.25, 0.3) is 0 Å². The predicted octanol–water partition coefficient (Wildman–Crippen LogP) is 2.32. The van der Waals surface area contributed by atoms with Crippen molar-refractivity contribution in [3.05, 3.63) is 41.0 Å². The van der Waals surface area contributed by atoms with Crippen molar-refractivity contribution in [1.29, 1.82) is 0 Å². The van der Waals surface area contributed by atoms with E-state index in [4.69, 9.17) is 9.47 Å². The average Bonchev–Trinajstić information content (AvgIpc) is 3.22. The van der Waals surface area contributed by atoms with Crippen LogP contribution in [0.3, 0.4) is 0 Å². The third-order valence-electron chi connectivity index (χ3n) is 4.31. The van der Waals surface area contributed by atoms with Gasteiger partial charge in [-0.1, -0.05) is 29.5 Å². The predicted molar refractivity (Wildman–Crippen MR) is 94.4 cm³/mol. The van der Waals surface area contributed by atoms with E-state index in [1.165, 1.54) is 22.2 Å². The lowest BCUT2D eigenvalue weighted by molar-refractivity contribution is 0.0236. The Balaban J connectivity index is 1.84. The van der Waals surface area contributed by atoms with Gasteiger partial charge in [0.1, 0.15) is 12.1 Å². The molecule has 1 fully saturated rings. The largest absolute Gasteiger partial charge is 0.494 e. The summed E-state index contributed by atoms with van der Waals surface area (Å²) in [5.74, 6) is 0.972. The molecule has 0 radical (unpaired) electrons. The molecule has 0 saturated carbocycles. The van der Waals surface area contributed by atoms with Gasteiger partial charge < -0.3 is 14.6 Å². The molecular formula is C17H20N4O3S. The molecule has 0 aliphatic carbocycles. The number of aromatic nitrogens is 3. The highest BCUT2D eigenvalue weighted by Gasteiger charge is 2.32. The maximum Gasteiger partial charge on any atom is 0.230 e. The molecule has 1 aliphatic rings. The van der Waals surface area contributed by atoms with E-state index in [-0.39, 0.29) is 11.9 Å². The fourth-order valence-electron chi connectivity index (χ4n) is 3.21. The molecule has 1 atom stereocenters. The molecule has 1 N–H and O–H groups in total. The molecule has 3 aromatic rings. The Bertz CT molecular complexity index is 857. The van der Waals surface area contributed by atoms with Crippen LogP contribution in [-0.4, -0.2) is 57.5 Å². The van der Waals surface area contributed by atoms with Crippen LogP contribution in [0.4, 0.5) is 0 Å². The third-order valence-corrected chi connectivity index (χ3v) is 5.40. The maximum absolute atomic E-state index is 10.7. The zero-order valence-electron chi connectivity index (χ0n) is 14.0. The molecule has 1 saturated heterocycles. The van der Waals surface area contributed by atoms with Crippen LogP contribution in [0.1, 0.15) is 23.4 Å². The van der Waals surface area contributed by atoms with Crippen LogP contribution in [0.5, 0.6) is 11.6 Å². The van der Waals surface area contributed by atoms with Crippen LogP contribution < -0.4 is 4.74 Å². The van der Waals surface area contributed by atoms with Gasteiger partial charge in [-0.3, -0.25) is 4.90 Å². The topological polar surface area (TPSA) is 72.1 Å². The van der Waals surface area contributed by atoms with Crippen molar-refractivity contribution in [2.24, 2.45) is 0 Å². The quantitative estimate of drug-likeness (QED) is 0.753. The molecule has 0 spiro atoms. The highest BCUT2D eigenvalue weighted by atomic mass is 32.1. The summed E-state index contributed by atoms with van der Waals surface area (Å²) in [5.41, 5.74) is 1.03. The van der Waals surface area contributed by atoms with Crippen molar-refractivity contribution in [3.63, 3.8) is 0 Å². The Labute approximate surface area is 149 Å². The van der Waals surface area contributed by atoms with Gasteiger partial charge in [0, 0.05) is 18.7 Å². The standard InChI is InChI=1S/C17H20N4O3S/c1-2-24-13-6-4-3-5-12(13)14(20-7-9-23-10-8-20)15-16(22)21-17(25-15)18-11-19-21/h3-6,11,14,22H,2,7-10H2,1H3. The van der Waals surface area contributed by atoms with Gasteiger partial charge in [-0.15, -0.1) is 0 Å². The number of aromatic hydroxyl groups is 1. The zero-order valence-corrected chi connectivity index (χ0v) is 14.8. The van der Waals surface area contributed by atoms with E-state index in [0.717, 1.165) is 29.3 Å². The lowest BCUT2D eigenvalue weighted by atomic mass is 10.0. The Morgan fingerprint density at radius 1 is 1.32 bits per heavy atom. The summed E-state index contributed by atoms with van der Waals surface area (Å²) in [5, 5.41) is 14.8. The van der Waals surface area contributed by atoms with Gasteiger partial charge in [0.15, 0.2) is 0 Å². The monoisotopic (exact) mass is 360 g/mol. The number of ether oxygens (including phenoxy) is 2. The van der Waals surface area contributed by atoms with Crippen LogP contribution in [0.2, 0.25) is 0 Å². The summed E-state index contributed by atoms with van der Waals surface area (Å²) in [6.07, 6.45) is 1.45. The van der Waals surface area contributed by atoms with E-state index < -0.39 is 0 Å². The highest BCUT2D eigenvalue weighted by Crippen LogP contribution is 2.42. The Hall–Kier alpha value is -2.16. The van der Waals surface area contributed by atoms with Crippen LogP contribution in [-0.2, 0) is 4.74 Å². The second kappa shape index (κ2) is 6.99. The number of rotatable bonds is 5. The van der Waals surface area contributed by atoms with Crippen molar-refractivity contribution < 1.29 is 14.6 Å². The van der Waals surface area contributed by atoms with E-state index in [2.05, 4.69) is 21.0 Å². The lowest BCUT2D eigenvalue weighted by Gasteiger charge is -2.34. The van der Waals surface area contributed by atoms with E-state index in [1.54, 1.807) is 0 Å². The van der Waals surface area contributed by atoms with Crippen LogP contribution in [0.25, 0.3) is 4.96 Å². The van der Waals surface area contributed by atoms with Crippen LogP contribution in [0.15, 0.2) is 30.6 Å². The van der Waals surface area contributed by atoms with Crippen molar-refractivity contribution >= 4 is 16.3 Å². The number of hydrogen-bond donors (Lipinski definition) is 1. The summed E-state index contributed by atoms with van der Waals surface area (Å²) >= 11 is 1.46. The van der Waals surface area contributed by atoms with E-state index in [1.807, 2.05) is 25.1 Å². The van der Waals surface area contributed by atoms with Gasteiger partial charge in [-0.2, -0.15) is 9.61 Å². The minimum Gasteiger partial charge on any atom is -0.494 e. The molecule has 2 aromatic heterocycles. The molecule has 3 heterocycles. The fraction of sp³-hybridized carbons (Fsp3) is 0.412. The molecule has 1 aromatic carbocycles. The smallest absolute Gasteiger partial charge is 0.230 e. The molecule has 7 nitrogen and oxygen atoms in total. The highest BCUT2D eigenvalue weighted by molar-refractivity contribution is 7.17. The molecule has 25 heavy (non-hydrogen) atoms. The van der Waals surface area contributed by atoms with Gasteiger partial charge in [-0.25, -0.2) is 4.98 Å². The van der Waals surface area contributed by atoms with Crippen molar-refractivity contribution in [1.82, 2.24) is 19.5 Å². The van der Waals surface area contributed by atoms with Gasteiger partial charge in [0.2, 0.25) is 10.8 Å². The molecule has 1 aliphatic heterocycles. The molecule has 4 rings (SSSR count). The van der Waals surface area contributed by atoms with Gasteiger partial charge in [-0.05, 0) is 13.0 Å². The van der Waals surface area contributed by atoms with E-state index in [0.29, 0.717) is 24.8 Å². The molecule has 1 unspecified atom stereocenters. The first-order chi connectivity index (χ1) is 12.3. The Morgan fingerprint density at radius 2 is 2.12 bits per heavy atom. The third kappa shape index (κ3) is 2.97. The molecule has 0 amide bonds. The Kier molecular flexibility index (Phi) is 4.56. The summed E-state index contributed by atoms with van der Waals surface area (Å²) < 4.78 is 12.8. The van der Waals surface area contributed by atoms with Crippen molar-refractivity contribution in [2.45, 2.75) is 13.0 Å².